The van der Waals surface area contributed by atoms with Gasteiger partial charge >= 0.3 is 0 Å². The zero-order valence-corrected chi connectivity index (χ0v) is 11.8. The van der Waals surface area contributed by atoms with E-state index in [1.165, 1.54) is 10.9 Å². The fourth-order valence-corrected chi connectivity index (χ4v) is 2.33. The van der Waals surface area contributed by atoms with Gasteiger partial charge in [0.1, 0.15) is 5.02 Å². The van der Waals surface area contributed by atoms with Crippen LogP contribution in [0.5, 0.6) is 0 Å². The van der Waals surface area contributed by atoms with Crippen LogP contribution in [0.3, 0.4) is 0 Å². The van der Waals surface area contributed by atoms with Gasteiger partial charge in [-0.2, -0.15) is 9.78 Å². The summed E-state index contributed by atoms with van der Waals surface area (Å²) in [6.07, 6.45) is 1.38. The highest BCUT2D eigenvalue weighted by Gasteiger charge is 2.13. The van der Waals surface area contributed by atoms with Crippen molar-refractivity contribution in [2.75, 3.05) is 0 Å². The molecule has 3 nitrogen and oxygen atoms in total. The normalized spacial score (nSPS) is 10.7. The number of aromatic nitrogens is 2. The molecule has 0 aliphatic heterocycles. The highest BCUT2D eigenvalue weighted by molar-refractivity contribution is 6.41. The van der Waals surface area contributed by atoms with Gasteiger partial charge in [-0.05, 0) is 31.9 Å². The maximum Gasteiger partial charge on any atom is 0.291 e. The van der Waals surface area contributed by atoms with Crippen molar-refractivity contribution >= 4 is 23.2 Å². The summed E-state index contributed by atoms with van der Waals surface area (Å²) >= 11 is 11.6. The standard InChI is InChI=1S/C13H12Cl2N2O/c1-7-4-8(2)12(9(3)5-7)17-13(18)11(15)10(14)6-16-17/h4-6H,1-3H3. The smallest absolute Gasteiger partial charge is 0.266 e. The summed E-state index contributed by atoms with van der Waals surface area (Å²) in [5.41, 5.74) is 3.44. The van der Waals surface area contributed by atoms with Gasteiger partial charge in [0.2, 0.25) is 0 Å². The van der Waals surface area contributed by atoms with Crippen molar-refractivity contribution in [1.82, 2.24) is 9.78 Å². The maximum atomic E-state index is 12.1. The van der Waals surface area contributed by atoms with E-state index in [2.05, 4.69) is 5.10 Å². The summed E-state index contributed by atoms with van der Waals surface area (Å²) in [6.45, 7) is 5.88. The van der Waals surface area contributed by atoms with Crippen molar-refractivity contribution in [1.29, 1.82) is 0 Å². The minimum absolute atomic E-state index is 0.00829. The monoisotopic (exact) mass is 282 g/mol. The Hall–Kier alpha value is -1.32. The van der Waals surface area contributed by atoms with Crippen molar-refractivity contribution in [3.63, 3.8) is 0 Å². The SMILES string of the molecule is Cc1cc(C)c(-n2ncc(Cl)c(Cl)c2=O)c(C)c1. The molecule has 2 rings (SSSR count). The van der Waals surface area contributed by atoms with Crippen molar-refractivity contribution in [3.8, 4) is 5.69 Å². The lowest BCUT2D eigenvalue weighted by Crippen LogP contribution is -2.23. The second kappa shape index (κ2) is 4.75. The van der Waals surface area contributed by atoms with Crippen LogP contribution < -0.4 is 5.56 Å². The molecule has 1 heterocycles. The predicted octanol–water partition coefficient (Wildman–Crippen LogP) is 3.46. The highest BCUT2D eigenvalue weighted by Crippen LogP contribution is 2.21. The van der Waals surface area contributed by atoms with Crippen LogP contribution in [0.1, 0.15) is 16.7 Å². The van der Waals surface area contributed by atoms with Gasteiger partial charge in [0, 0.05) is 0 Å². The highest BCUT2D eigenvalue weighted by atomic mass is 35.5. The molecule has 0 N–H and O–H groups in total. The van der Waals surface area contributed by atoms with Crippen LogP contribution in [-0.2, 0) is 0 Å². The number of halogens is 2. The van der Waals surface area contributed by atoms with Crippen molar-refractivity contribution in [3.05, 3.63) is 55.4 Å². The fourth-order valence-electron chi connectivity index (χ4n) is 2.08. The van der Waals surface area contributed by atoms with E-state index in [-0.39, 0.29) is 10.0 Å². The molecule has 0 unspecified atom stereocenters. The molecule has 0 amide bonds. The number of hydrogen-bond donors (Lipinski definition) is 0. The molecule has 0 saturated heterocycles. The topological polar surface area (TPSA) is 34.9 Å². The lowest BCUT2D eigenvalue weighted by Gasteiger charge is -2.12. The molecule has 0 radical (unpaired) electrons. The van der Waals surface area contributed by atoms with E-state index in [1.807, 2.05) is 32.9 Å². The Kier molecular flexibility index (Phi) is 3.46. The molecular formula is C13H12Cl2N2O. The zero-order chi connectivity index (χ0) is 13.4. The van der Waals surface area contributed by atoms with Crippen molar-refractivity contribution in [2.45, 2.75) is 20.8 Å². The first kappa shape index (κ1) is 13.1. The first-order valence-electron chi connectivity index (χ1n) is 5.43. The van der Waals surface area contributed by atoms with E-state index in [9.17, 15) is 4.79 Å². The molecule has 2 aromatic rings. The van der Waals surface area contributed by atoms with Gasteiger partial charge < -0.3 is 0 Å². The van der Waals surface area contributed by atoms with Gasteiger partial charge in [0.25, 0.3) is 5.56 Å². The lowest BCUT2D eigenvalue weighted by molar-refractivity contribution is 0.795. The van der Waals surface area contributed by atoms with E-state index in [1.54, 1.807) is 0 Å². The third kappa shape index (κ3) is 2.16. The number of benzene rings is 1. The molecule has 1 aromatic carbocycles. The van der Waals surface area contributed by atoms with Crippen LogP contribution in [0.15, 0.2) is 23.1 Å². The van der Waals surface area contributed by atoms with Gasteiger partial charge in [-0.15, -0.1) is 0 Å². The van der Waals surface area contributed by atoms with Crippen LogP contribution in [-0.4, -0.2) is 9.78 Å². The number of hydrogen-bond acceptors (Lipinski definition) is 2. The van der Waals surface area contributed by atoms with Crippen LogP contribution in [0.2, 0.25) is 10.0 Å². The predicted molar refractivity (Wildman–Crippen MR) is 74.1 cm³/mol. The summed E-state index contributed by atoms with van der Waals surface area (Å²) in [4.78, 5) is 12.1. The van der Waals surface area contributed by atoms with Gasteiger partial charge in [-0.3, -0.25) is 4.79 Å². The Bertz CT molecular complexity index is 654. The second-order valence-electron chi connectivity index (χ2n) is 4.27. The van der Waals surface area contributed by atoms with Crippen LogP contribution in [0, 0.1) is 20.8 Å². The summed E-state index contributed by atoms with van der Waals surface area (Å²) in [5, 5.41) is 4.21. The van der Waals surface area contributed by atoms with E-state index >= 15 is 0 Å². The minimum Gasteiger partial charge on any atom is -0.266 e. The summed E-state index contributed by atoms with van der Waals surface area (Å²) in [7, 11) is 0. The Morgan fingerprint density at radius 2 is 1.67 bits per heavy atom. The average molecular weight is 283 g/mol. The van der Waals surface area contributed by atoms with Gasteiger partial charge in [-0.25, -0.2) is 0 Å². The first-order chi connectivity index (χ1) is 8.41. The maximum absolute atomic E-state index is 12.1. The molecule has 0 aliphatic rings. The Morgan fingerprint density at radius 3 is 2.22 bits per heavy atom. The van der Waals surface area contributed by atoms with E-state index < -0.39 is 5.56 Å². The second-order valence-corrected chi connectivity index (χ2v) is 5.06. The molecule has 0 bridgehead atoms. The molecule has 0 atom stereocenters. The van der Waals surface area contributed by atoms with Gasteiger partial charge in [0.15, 0.2) is 0 Å². The number of nitrogens with zero attached hydrogens (tertiary/aromatic N) is 2. The fraction of sp³-hybridized carbons (Fsp3) is 0.231. The molecule has 0 spiro atoms. The van der Waals surface area contributed by atoms with E-state index in [0.717, 1.165) is 22.4 Å². The molecule has 0 aliphatic carbocycles. The molecular weight excluding hydrogens is 271 g/mol. The first-order valence-corrected chi connectivity index (χ1v) is 6.19. The van der Waals surface area contributed by atoms with Crippen LogP contribution in [0.4, 0.5) is 0 Å². The van der Waals surface area contributed by atoms with Crippen LogP contribution >= 0.6 is 23.2 Å². The third-order valence-electron chi connectivity index (χ3n) is 2.72. The minimum atomic E-state index is -0.404. The summed E-state index contributed by atoms with van der Waals surface area (Å²) in [5.74, 6) is 0. The van der Waals surface area contributed by atoms with Crippen LogP contribution in [0.25, 0.3) is 5.69 Å². The van der Waals surface area contributed by atoms with E-state index in [4.69, 9.17) is 23.2 Å². The average Bonchev–Trinajstić information content (AvgIpc) is 2.28. The number of rotatable bonds is 1. The van der Waals surface area contributed by atoms with Crippen molar-refractivity contribution < 1.29 is 0 Å². The molecule has 5 heteroatoms. The largest absolute Gasteiger partial charge is 0.291 e. The molecule has 0 saturated carbocycles. The Balaban J connectivity index is 2.79. The molecule has 18 heavy (non-hydrogen) atoms. The summed E-state index contributed by atoms with van der Waals surface area (Å²) < 4.78 is 1.29. The number of aryl methyl sites for hydroxylation is 3. The van der Waals surface area contributed by atoms with Gasteiger partial charge in [0.05, 0.1) is 16.9 Å². The van der Waals surface area contributed by atoms with Crippen molar-refractivity contribution in [2.24, 2.45) is 0 Å². The molecule has 0 fully saturated rings. The third-order valence-corrected chi connectivity index (χ3v) is 3.47. The lowest BCUT2D eigenvalue weighted by atomic mass is 10.1. The van der Waals surface area contributed by atoms with E-state index in [0.29, 0.717) is 0 Å². The zero-order valence-electron chi connectivity index (χ0n) is 10.3. The Labute approximate surface area is 115 Å². The quantitative estimate of drug-likeness (QED) is 0.803. The van der Waals surface area contributed by atoms with Gasteiger partial charge in [-0.1, -0.05) is 40.9 Å². The molecule has 94 valence electrons. The molecule has 1 aromatic heterocycles. The summed E-state index contributed by atoms with van der Waals surface area (Å²) in [6, 6.07) is 4.00. The Morgan fingerprint density at radius 1 is 1.11 bits per heavy atom.